The highest BCUT2D eigenvalue weighted by Gasteiger charge is 2.29. The summed E-state index contributed by atoms with van der Waals surface area (Å²) in [5.41, 5.74) is 0.480. The number of benzene rings is 1. The fourth-order valence-electron chi connectivity index (χ4n) is 3.90. The van der Waals surface area contributed by atoms with Gasteiger partial charge in [0.2, 0.25) is 5.91 Å². The quantitative estimate of drug-likeness (QED) is 0.569. The van der Waals surface area contributed by atoms with Crippen molar-refractivity contribution in [3.05, 3.63) is 64.6 Å². The van der Waals surface area contributed by atoms with E-state index in [0.29, 0.717) is 29.7 Å². The summed E-state index contributed by atoms with van der Waals surface area (Å²) in [6, 6.07) is 11.2. The van der Waals surface area contributed by atoms with E-state index in [1.165, 1.54) is 17.7 Å². The minimum absolute atomic E-state index is 0.0500. The Kier molecular flexibility index (Phi) is 5.53. The highest BCUT2D eigenvalue weighted by atomic mass is 16.3. The Morgan fingerprint density at radius 3 is 2.82 bits per heavy atom. The molecule has 3 heterocycles. The number of quaternary nitrogens is 1. The van der Waals surface area contributed by atoms with Crippen LogP contribution in [0.4, 0.5) is 0 Å². The second kappa shape index (κ2) is 8.39. The summed E-state index contributed by atoms with van der Waals surface area (Å²) in [4.78, 5) is 33.2. The number of aromatic amines is 1. The van der Waals surface area contributed by atoms with Gasteiger partial charge < -0.3 is 19.6 Å². The molecule has 0 radical (unpaired) electrons. The summed E-state index contributed by atoms with van der Waals surface area (Å²) in [5, 5.41) is 3.59. The standard InChI is InChI=1S/C21H24N4O3/c26-20(10-9-19-23-16-7-2-1-6-15(16)21(27)24-19)22-14-17(18-8-5-13-28-18)25-11-3-4-12-25/h1-2,5-8,13,17H,3-4,9-12,14H2,(H,22,26)(H,23,24,27)/p+1/t17-/m0/s1. The summed E-state index contributed by atoms with van der Waals surface area (Å²) in [7, 11) is 0. The molecule has 1 atom stereocenters. The number of H-pyrrole nitrogens is 1. The summed E-state index contributed by atoms with van der Waals surface area (Å²) in [6.07, 6.45) is 4.78. The van der Waals surface area contributed by atoms with Gasteiger partial charge in [0.25, 0.3) is 5.56 Å². The zero-order valence-electron chi connectivity index (χ0n) is 15.7. The lowest BCUT2D eigenvalue weighted by molar-refractivity contribution is -0.919. The van der Waals surface area contributed by atoms with E-state index in [1.54, 1.807) is 18.4 Å². The SMILES string of the molecule is O=C(CCc1nc2ccccc2c(=O)[nH]1)NC[C@@H](c1ccco1)[NH+]1CCCC1. The Balaban J connectivity index is 1.35. The van der Waals surface area contributed by atoms with Crippen molar-refractivity contribution in [3.8, 4) is 0 Å². The number of nitrogens with zero attached hydrogens (tertiary/aromatic N) is 1. The van der Waals surface area contributed by atoms with Crippen molar-refractivity contribution >= 4 is 16.8 Å². The molecule has 4 rings (SSSR count). The molecular formula is C21H25N4O3+. The first-order chi connectivity index (χ1) is 13.7. The number of carbonyl (C=O) groups is 1. The van der Waals surface area contributed by atoms with Gasteiger partial charge in [-0.3, -0.25) is 9.59 Å². The van der Waals surface area contributed by atoms with Gasteiger partial charge in [0.1, 0.15) is 5.82 Å². The average Bonchev–Trinajstić information content (AvgIpc) is 3.41. The lowest BCUT2D eigenvalue weighted by Crippen LogP contribution is -3.11. The lowest BCUT2D eigenvalue weighted by Gasteiger charge is -2.23. The zero-order valence-corrected chi connectivity index (χ0v) is 15.7. The number of para-hydroxylation sites is 1. The number of furan rings is 1. The molecule has 1 saturated heterocycles. The normalized spacial score (nSPS) is 15.7. The molecule has 0 aliphatic carbocycles. The van der Waals surface area contributed by atoms with Gasteiger partial charge in [-0.2, -0.15) is 0 Å². The molecule has 28 heavy (non-hydrogen) atoms. The number of aryl methyl sites for hydroxylation is 1. The Labute approximate surface area is 162 Å². The molecule has 0 unspecified atom stereocenters. The molecule has 0 saturated carbocycles. The largest absolute Gasteiger partial charge is 0.463 e. The van der Waals surface area contributed by atoms with Gasteiger partial charge in [0, 0.05) is 25.7 Å². The molecule has 1 aliphatic rings. The molecule has 1 aliphatic heterocycles. The Morgan fingerprint density at radius 2 is 2.04 bits per heavy atom. The van der Waals surface area contributed by atoms with E-state index in [-0.39, 0.29) is 23.9 Å². The van der Waals surface area contributed by atoms with Gasteiger partial charge in [0.05, 0.1) is 36.8 Å². The molecule has 3 aromatic rings. The Morgan fingerprint density at radius 1 is 1.21 bits per heavy atom. The maximum absolute atomic E-state index is 12.4. The van der Waals surface area contributed by atoms with Crippen molar-refractivity contribution in [3.63, 3.8) is 0 Å². The van der Waals surface area contributed by atoms with Crippen molar-refractivity contribution in [1.82, 2.24) is 15.3 Å². The van der Waals surface area contributed by atoms with Gasteiger partial charge in [-0.15, -0.1) is 0 Å². The number of fused-ring (bicyclic) bond motifs is 1. The maximum Gasteiger partial charge on any atom is 0.258 e. The van der Waals surface area contributed by atoms with Gasteiger partial charge in [0.15, 0.2) is 11.8 Å². The summed E-state index contributed by atoms with van der Waals surface area (Å²) < 4.78 is 5.60. The molecule has 7 heteroatoms. The van der Waals surface area contributed by atoms with E-state index >= 15 is 0 Å². The molecule has 146 valence electrons. The molecule has 1 fully saturated rings. The van der Waals surface area contributed by atoms with Gasteiger partial charge >= 0.3 is 0 Å². The van der Waals surface area contributed by atoms with Crippen molar-refractivity contribution in [2.24, 2.45) is 0 Å². The van der Waals surface area contributed by atoms with E-state index in [2.05, 4.69) is 15.3 Å². The highest BCUT2D eigenvalue weighted by Crippen LogP contribution is 2.11. The number of likely N-dealkylation sites (tertiary alicyclic amines) is 1. The number of amides is 1. The van der Waals surface area contributed by atoms with Crippen molar-refractivity contribution in [1.29, 1.82) is 0 Å². The first-order valence-corrected chi connectivity index (χ1v) is 9.83. The number of nitrogens with one attached hydrogen (secondary N) is 3. The number of aromatic nitrogens is 2. The van der Waals surface area contributed by atoms with Crippen LogP contribution in [0.15, 0.2) is 51.9 Å². The second-order valence-corrected chi connectivity index (χ2v) is 7.27. The van der Waals surface area contributed by atoms with Crippen molar-refractivity contribution < 1.29 is 14.1 Å². The third kappa shape index (κ3) is 4.14. The van der Waals surface area contributed by atoms with Crippen LogP contribution < -0.4 is 15.8 Å². The predicted octanol–water partition coefficient (Wildman–Crippen LogP) is 0.985. The van der Waals surface area contributed by atoms with E-state index in [1.807, 2.05) is 24.3 Å². The van der Waals surface area contributed by atoms with Crippen molar-refractivity contribution in [2.45, 2.75) is 31.7 Å². The topological polar surface area (TPSA) is 92.4 Å². The minimum atomic E-state index is -0.170. The summed E-state index contributed by atoms with van der Waals surface area (Å²) >= 11 is 0. The summed E-state index contributed by atoms with van der Waals surface area (Å²) in [5.74, 6) is 1.40. The zero-order chi connectivity index (χ0) is 19.3. The number of rotatable bonds is 7. The first-order valence-electron chi connectivity index (χ1n) is 9.83. The molecular weight excluding hydrogens is 356 g/mol. The lowest BCUT2D eigenvalue weighted by atomic mass is 10.2. The van der Waals surface area contributed by atoms with Crippen molar-refractivity contribution in [2.75, 3.05) is 19.6 Å². The van der Waals surface area contributed by atoms with Crippen LogP contribution in [0.25, 0.3) is 10.9 Å². The first kappa shape index (κ1) is 18.4. The van der Waals surface area contributed by atoms with Crippen LogP contribution in [-0.4, -0.2) is 35.5 Å². The predicted molar refractivity (Wildman–Crippen MR) is 105 cm³/mol. The third-order valence-corrected chi connectivity index (χ3v) is 5.38. The van der Waals surface area contributed by atoms with Crippen LogP contribution in [0.3, 0.4) is 0 Å². The van der Waals surface area contributed by atoms with Gasteiger partial charge in [-0.25, -0.2) is 4.98 Å². The van der Waals surface area contributed by atoms with Crippen LogP contribution in [-0.2, 0) is 11.2 Å². The Hall–Kier alpha value is -2.93. The number of carbonyl (C=O) groups excluding carboxylic acids is 1. The van der Waals surface area contributed by atoms with Crippen LogP contribution in [0.1, 0.15) is 36.9 Å². The monoisotopic (exact) mass is 381 g/mol. The smallest absolute Gasteiger partial charge is 0.258 e. The fraction of sp³-hybridized carbons (Fsp3) is 0.381. The molecule has 1 aromatic carbocycles. The molecule has 2 aromatic heterocycles. The van der Waals surface area contributed by atoms with E-state index in [9.17, 15) is 9.59 Å². The van der Waals surface area contributed by atoms with Gasteiger partial charge in [-0.1, -0.05) is 12.1 Å². The van der Waals surface area contributed by atoms with Crippen LogP contribution >= 0.6 is 0 Å². The minimum Gasteiger partial charge on any atom is -0.463 e. The molecule has 0 spiro atoms. The second-order valence-electron chi connectivity index (χ2n) is 7.27. The third-order valence-electron chi connectivity index (χ3n) is 5.38. The fourth-order valence-corrected chi connectivity index (χ4v) is 3.90. The molecule has 0 bridgehead atoms. The number of hydrogen-bond acceptors (Lipinski definition) is 4. The van der Waals surface area contributed by atoms with Crippen LogP contribution in [0, 0.1) is 0 Å². The highest BCUT2D eigenvalue weighted by molar-refractivity contribution is 5.78. The van der Waals surface area contributed by atoms with Gasteiger partial charge in [-0.05, 0) is 24.3 Å². The van der Waals surface area contributed by atoms with E-state index in [0.717, 1.165) is 18.8 Å². The Bertz CT molecular complexity index is 990. The summed E-state index contributed by atoms with van der Waals surface area (Å²) in [6.45, 7) is 2.75. The van der Waals surface area contributed by atoms with Crippen LogP contribution in [0.2, 0.25) is 0 Å². The maximum atomic E-state index is 12.4. The van der Waals surface area contributed by atoms with Crippen LogP contribution in [0.5, 0.6) is 0 Å². The molecule has 1 amide bonds. The molecule has 7 nitrogen and oxygen atoms in total. The average molecular weight is 381 g/mol. The van der Waals surface area contributed by atoms with E-state index < -0.39 is 0 Å². The van der Waals surface area contributed by atoms with E-state index in [4.69, 9.17) is 4.42 Å². The molecule has 3 N–H and O–H groups in total. The number of hydrogen-bond donors (Lipinski definition) is 3.